The van der Waals surface area contributed by atoms with Crippen LogP contribution in [0.1, 0.15) is 22.4 Å². The first-order chi connectivity index (χ1) is 8.65. The molecule has 1 heterocycles. The minimum Gasteiger partial charge on any atom is -0.387 e. The molecule has 1 atom stereocenters. The van der Waals surface area contributed by atoms with E-state index in [0.717, 1.165) is 22.8 Å². The highest BCUT2D eigenvalue weighted by Gasteiger charge is 2.11. The molecule has 0 amide bonds. The van der Waals surface area contributed by atoms with Crippen LogP contribution >= 0.6 is 11.3 Å². The number of thiazole rings is 1. The highest BCUT2D eigenvalue weighted by molar-refractivity contribution is 7.09. The van der Waals surface area contributed by atoms with Crippen molar-refractivity contribution >= 4 is 11.3 Å². The second-order valence-electron chi connectivity index (χ2n) is 4.51. The molecule has 0 aliphatic heterocycles. The molecule has 4 heteroatoms. The van der Waals surface area contributed by atoms with Gasteiger partial charge in [0.05, 0.1) is 12.6 Å². The lowest BCUT2D eigenvalue weighted by Gasteiger charge is -2.19. The van der Waals surface area contributed by atoms with Crippen LogP contribution in [0.5, 0.6) is 0 Å². The van der Waals surface area contributed by atoms with E-state index in [1.807, 2.05) is 44.3 Å². The molecule has 3 nitrogen and oxygen atoms in total. The first kappa shape index (κ1) is 13.2. The van der Waals surface area contributed by atoms with E-state index in [4.69, 9.17) is 0 Å². The zero-order valence-corrected chi connectivity index (χ0v) is 11.5. The topological polar surface area (TPSA) is 36.4 Å². The van der Waals surface area contributed by atoms with Gasteiger partial charge in [0.2, 0.25) is 0 Å². The second kappa shape index (κ2) is 6.09. The Morgan fingerprint density at radius 3 is 2.67 bits per heavy atom. The molecule has 0 aliphatic carbocycles. The molecule has 0 aliphatic rings. The van der Waals surface area contributed by atoms with Gasteiger partial charge in [-0.2, -0.15) is 0 Å². The largest absolute Gasteiger partial charge is 0.387 e. The van der Waals surface area contributed by atoms with Crippen LogP contribution in [0.4, 0.5) is 0 Å². The summed E-state index contributed by atoms with van der Waals surface area (Å²) in [6, 6.07) is 9.75. The number of benzene rings is 1. The number of aromatic nitrogens is 1. The van der Waals surface area contributed by atoms with Crippen LogP contribution in [-0.4, -0.2) is 28.6 Å². The van der Waals surface area contributed by atoms with E-state index in [2.05, 4.69) is 15.3 Å². The standard InChI is InChI=1S/C14H18N2OS/c1-11-10-18-14(15-11)9-16(2)8-13(17)12-6-4-3-5-7-12/h3-7,10,13,17H,8-9H2,1-2H3. The number of nitrogens with zero attached hydrogens (tertiary/aromatic N) is 2. The molecule has 2 aromatic rings. The molecule has 0 fully saturated rings. The van der Waals surface area contributed by atoms with Crippen molar-refractivity contribution in [3.63, 3.8) is 0 Å². The minimum absolute atomic E-state index is 0.447. The predicted octanol–water partition coefficient (Wildman–Crippen LogP) is 2.62. The van der Waals surface area contributed by atoms with Crippen LogP contribution in [0.2, 0.25) is 0 Å². The van der Waals surface area contributed by atoms with Gasteiger partial charge in [0.25, 0.3) is 0 Å². The van der Waals surface area contributed by atoms with Gasteiger partial charge in [-0.1, -0.05) is 30.3 Å². The quantitative estimate of drug-likeness (QED) is 0.900. The first-order valence-corrected chi connectivity index (χ1v) is 6.85. The van der Waals surface area contributed by atoms with Gasteiger partial charge in [0.15, 0.2) is 0 Å². The predicted molar refractivity (Wildman–Crippen MR) is 74.6 cm³/mol. The van der Waals surface area contributed by atoms with Crippen molar-refractivity contribution in [3.05, 3.63) is 52.0 Å². The van der Waals surface area contributed by atoms with Crippen molar-refractivity contribution in [3.8, 4) is 0 Å². The summed E-state index contributed by atoms with van der Waals surface area (Å²) < 4.78 is 0. The summed E-state index contributed by atoms with van der Waals surface area (Å²) >= 11 is 1.67. The number of aliphatic hydroxyl groups excluding tert-OH is 1. The smallest absolute Gasteiger partial charge is 0.107 e. The lowest BCUT2D eigenvalue weighted by molar-refractivity contribution is 0.124. The summed E-state index contributed by atoms with van der Waals surface area (Å²) in [5.41, 5.74) is 2.02. The molecule has 0 bridgehead atoms. The van der Waals surface area contributed by atoms with E-state index >= 15 is 0 Å². The zero-order chi connectivity index (χ0) is 13.0. The zero-order valence-electron chi connectivity index (χ0n) is 10.7. The Balaban J connectivity index is 1.89. The number of aryl methyl sites for hydroxylation is 1. The fraction of sp³-hybridized carbons (Fsp3) is 0.357. The van der Waals surface area contributed by atoms with Crippen molar-refractivity contribution in [2.24, 2.45) is 0 Å². The lowest BCUT2D eigenvalue weighted by Crippen LogP contribution is -2.24. The van der Waals surface area contributed by atoms with Crippen molar-refractivity contribution in [1.82, 2.24) is 9.88 Å². The van der Waals surface area contributed by atoms with E-state index in [-0.39, 0.29) is 0 Å². The first-order valence-electron chi connectivity index (χ1n) is 5.97. The Morgan fingerprint density at radius 1 is 1.33 bits per heavy atom. The summed E-state index contributed by atoms with van der Waals surface area (Å²) in [5, 5.41) is 13.3. The molecule has 2 rings (SSSR count). The molecule has 1 aromatic carbocycles. The van der Waals surface area contributed by atoms with Gasteiger partial charge in [-0.3, -0.25) is 4.90 Å². The number of aliphatic hydroxyl groups is 1. The maximum absolute atomic E-state index is 10.1. The normalized spacial score (nSPS) is 12.9. The average molecular weight is 262 g/mol. The second-order valence-corrected chi connectivity index (χ2v) is 5.45. The highest BCUT2D eigenvalue weighted by Crippen LogP contribution is 2.16. The van der Waals surface area contributed by atoms with Crippen molar-refractivity contribution in [1.29, 1.82) is 0 Å². The fourth-order valence-electron chi connectivity index (χ4n) is 1.85. The summed E-state index contributed by atoms with van der Waals surface area (Å²) in [4.78, 5) is 6.52. The Labute approximate surface area is 112 Å². The third-order valence-corrected chi connectivity index (χ3v) is 3.69. The average Bonchev–Trinajstić information content (AvgIpc) is 2.75. The highest BCUT2D eigenvalue weighted by atomic mass is 32.1. The van der Waals surface area contributed by atoms with Gasteiger partial charge >= 0.3 is 0 Å². The number of likely N-dealkylation sites (N-methyl/N-ethyl adjacent to an activating group) is 1. The third-order valence-electron chi connectivity index (χ3n) is 2.74. The van der Waals surface area contributed by atoms with Crippen molar-refractivity contribution in [2.45, 2.75) is 19.6 Å². The molecule has 18 heavy (non-hydrogen) atoms. The molecule has 0 radical (unpaired) electrons. The maximum atomic E-state index is 10.1. The van der Waals surface area contributed by atoms with Gasteiger partial charge in [-0.15, -0.1) is 11.3 Å². The van der Waals surface area contributed by atoms with Crippen LogP contribution in [0.15, 0.2) is 35.7 Å². The van der Waals surface area contributed by atoms with Gasteiger partial charge in [0, 0.05) is 17.6 Å². The summed E-state index contributed by atoms with van der Waals surface area (Å²) in [6.07, 6.45) is -0.447. The van der Waals surface area contributed by atoms with Crippen LogP contribution in [-0.2, 0) is 6.54 Å². The van der Waals surface area contributed by atoms with Crippen molar-refractivity contribution < 1.29 is 5.11 Å². The van der Waals surface area contributed by atoms with E-state index in [9.17, 15) is 5.11 Å². The molecule has 1 N–H and O–H groups in total. The molecule has 0 saturated heterocycles. The molecule has 1 aromatic heterocycles. The summed E-state index contributed by atoms with van der Waals surface area (Å²) in [5.74, 6) is 0. The van der Waals surface area contributed by atoms with Gasteiger partial charge in [-0.05, 0) is 19.5 Å². The Hall–Kier alpha value is -1.23. The molecule has 0 saturated carbocycles. The Morgan fingerprint density at radius 2 is 2.06 bits per heavy atom. The molecule has 1 unspecified atom stereocenters. The van der Waals surface area contributed by atoms with Crippen LogP contribution in [0.25, 0.3) is 0 Å². The number of hydrogen-bond acceptors (Lipinski definition) is 4. The third kappa shape index (κ3) is 3.63. The Bertz CT molecular complexity index is 484. The lowest BCUT2D eigenvalue weighted by atomic mass is 10.1. The molecule has 0 spiro atoms. The van der Waals surface area contributed by atoms with E-state index < -0.39 is 6.10 Å². The SMILES string of the molecule is Cc1csc(CN(C)CC(O)c2ccccc2)n1. The molecule has 96 valence electrons. The summed E-state index contributed by atoms with van der Waals surface area (Å²) in [7, 11) is 2.00. The number of hydrogen-bond donors (Lipinski definition) is 1. The Kier molecular flexibility index (Phi) is 4.47. The van der Waals surface area contributed by atoms with E-state index in [1.165, 1.54) is 0 Å². The van der Waals surface area contributed by atoms with E-state index in [1.54, 1.807) is 11.3 Å². The number of rotatable bonds is 5. The van der Waals surface area contributed by atoms with Crippen LogP contribution in [0, 0.1) is 6.92 Å². The van der Waals surface area contributed by atoms with Crippen LogP contribution < -0.4 is 0 Å². The van der Waals surface area contributed by atoms with Gasteiger partial charge < -0.3 is 5.11 Å². The monoisotopic (exact) mass is 262 g/mol. The van der Waals surface area contributed by atoms with Crippen molar-refractivity contribution in [2.75, 3.05) is 13.6 Å². The van der Waals surface area contributed by atoms with Gasteiger partial charge in [0.1, 0.15) is 5.01 Å². The molecular weight excluding hydrogens is 244 g/mol. The van der Waals surface area contributed by atoms with E-state index in [0.29, 0.717) is 6.54 Å². The fourth-order valence-corrected chi connectivity index (χ4v) is 2.70. The summed E-state index contributed by atoms with van der Waals surface area (Å²) in [6.45, 7) is 3.39. The molecular formula is C14H18N2OS. The van der Waals surface area contributed by atoms with Gasteiger partial charge in [-0.25, -0.2) is 4.98 Å². The maximum Gasteiger partial charge on any atom is 0.107 e. The minimum atomic E-state index is -0.447. The van der Waals surface area contributed by atoms with Crippen LogP contribution in [0.3, 0.4) is 0 Å².